The van der Waals surface area contributed by atoms with E-state index in [1.54, 1.807) is 0 Å². The van der Waals surface area contributed by atoms with Gasteiger partial charge in [0.05, 0.1) is 5.69 Å². The smallest absolute Gasteiger partial charge is 0.112 e. The van der Waals surface area contributed by atoms with Crippen molar-refractivity contribution in [1.82, 2.24) is 14.9 Å². The lowest BCUT2D eigenvalue weighted by Gasteiger charge is -2.21. The Labute approximate surface area is 105 Å². The van der Waals surface area contributed by atoms with Gasteiger partial charge in [-0.3, -0.25) is 0 Å². The summed E-state index contributed by atoms with van der Waals surface area (Å²) < 4.78 is 2.32. The molecule has 1 aromatic rings. The summed E-state index contributed by atoms with van der Waals surface area (Å²) in [4.78, 5) is 4.89. The first-order valence-electron chi connectivity index (χ1n) is 6.90. The topological polar surface area (TPSA) is 29.9 Å². The van der Waals surface area contributed by atoms with Crippen LogP contribution in [0.25, 0.3) is 0 Å². The molecule has 2 rings (SSSR count). The molecule has 0 aliphatic heterocycles. The van der Waals surface area contributed by atoms with Crippen molar-refractivity contribution in [3.05, 3.63) is 17.2 Å². The largest absolute Gasteiger partial charge is 0.335 e. The second-order valence-electron chi connectivity index (χ2n) is 5.25. The van der Waals surface area contributed by atoms with E-state index in [1.807, 2.05) is 7.05 Å². The first-order valence-corrected chi connectivity index (χ1v) is 6.90. The Bertz CT molecular complexity index is 362. The summed E-state index contributed by atoms with van der Waals surface area (Å²) in [6.07, 6.45) is 7.87. The van der Waals surface area contributed by atoms with E-state index >= 15 is 0 Å². The van der Waals surface area contributed by atoms with Crippen LogP contribution in [0.1, 0.15) is 55.2 Å². The third-order valence-electron chi connectivity index (χ3n) is 4.10. The Hall–Kier alpha value is -0.830. The first-order chi connectivity index (χ1) is 8.24. The van der Waals surface area contributed by atoms with Gasteiger partial charge in [-0.25, -0.2) is 4.98 Å². The van der Waals surface area contributed by atoms with Gasteiger partial charge in [0, 0.05) is 31.6 Å². The van der Waals surface area contributed by atoms with Gasteiger partial charge in [0.1, 0.15) is 5.82 Å². The standard InChI is InChI=1S/C14H25N3/c1-11-13(9-10-15-2)16-14(17(11)3)12-7-5-4-6-8-12/h12,15H,4-10H2,1-3H3. The van der Waals surface area contributed by atoms with Gasteiger partial charge in [0.2, 0.25) is 0 Å². The lowest BCUT2D eigenvalue weighted by Crippen LogP contribution is -2.11. The monoisotopic (exact) mass is 235 g/mol. The van der Waals surface area contributed by atoms with Crippen molar-refractivity contribution in [3.8, 4) is 0 Å². The second kappa shape index (κ2) is 5.67. The van der Waals surface area contributed by atoms with Gasteiger partial charge >= 0.3 is 0 Å². The summed E-state index contributed by atoms with van der Waals surface area (Å²) in [7, 11) is 4.18. The summed E-state index contributed by atoms with van der Waals surface area (Å²) in [6.45, 7) is 3.21. The second-order valence-corrected chi connectivity index (χ2v) is 5.25. The summed E-state index contributed by atoms with van der Waals surface area (Å²) in [5, 5.41) is 3.20. The predicted octanol–water partition coefficient (Wildman–Crippen LogP) is 2.54. The number of hydrogen-bond acceptors (Lipinski definition) is 2. The lowest BCUT2D eigenvalue weighted by molar-refractivity contribution is 0.420. The maximum atomic E-state index is 4.89. The van der Waals surface area contributed by atoms with Crippen LogP contribution in [0.15, 0.2) is 0 Å². The van der Waals surface area contributed by atoms with Crippen LogP contribution in [-0.4, -0.2) is 23.1 Å². The van der Waals surface area contributed by atoms with Crippen molar-refractivity contribution in [2.45, 2.75) is 51.4 Å². The number of imidazole rings is 1. The average molecular weight is 235 g/mol. The molecule has 0 saturated heterocycles. The van der Waals surface area contributed by atoms with E-state index in [0.717, 1.165) is 13.0 Å². The van der Waals surface area contributed by atoms with Crippen LogP contribution < -0.4 is 5.32 Å². The van der Waals surface area contributed by atoms with Gasteiger partial charge < -0.3 is 9.88 Å². The summed E-state index contributed by atoms with van der Waals surface area (Å²) in [5.41, 5.74) is 2.63. The molecule has 3 heteroatoms. The Morgan fingerprint density at radius 3 is 2.65 bits per heavy atom. The van der Waals surface area contributed by atoms with Crippen molar-refractivity contribution in [1.29, 1.82) is 0 Å². The molecule has 1 N–H and O–H groups in total. The highest BCUT2D eigenvalue weighted by molar-refractivity contribution is 5.18. The van der Waals surface area contributed by atoms with Crippen molar-refractivity contribution in [2.24, 2.45) is 7.05 Å². The average Bonchev–Trinajstić information content (AvgIpc) is 2.65. The van der Waals surface area contributed by atoms with Gasteiger partial charge in [0.15, 0.2) is 0 Å². The van der Waals surface area contributed by atoms with E-state index < -0.39 is 0 Å². The SMILES string of the molecule is CNCCc1nc(C2CCCCC2)n(C)c1C. The molecule has 0 bridgehead atoms. The fraction of sp³-hybridized carbons (Fsp3) is 0.786. The number of rotatable bonds is 4. The molecular weight excluding hydrogens is 210 g/mol. The molecule has 0 spiro atoms. The quantitative estimate of drug-likeness (QED) is 0.869. The molecule has 96 valence electrons. The first kappa shape index (κ1) is 12.6. The third kappa shape index (κ3) is 2.71. The number of hydrogen-bond donors (Lipinski definition) is 1. The van der Waals surface area contributed by atoms with Crippen LogP contribution >= 0.6 is 0 Å². The van der Waals surface area contributed by atoms with Gasteiger partial charge in [-0.2, -0.15) is 0 Å². The maximum Gasteiger partial charge on any atom is 0.112 e. The van der Waals surface area contributed by atoms with Crippen molar-refractivity contribution < 1.29 is 0 Å². The number of likely N-dealkylation sites (N-methyl/N-ethyl adjacent to an activating group) is 1. The van der Waals surface area contributed by atoms with E-state index in [-0.39, 0.29) is 0 Å². The van der Waals surface area contributed by atoms with Crippen LogP contribution in [0.5, 0.6) is 0 Å². The highest BCUT2D eigenvalue weighted by Crippen LogP contribution is 2.32. The molecule has 1 aromatic heterocycles. The van der Waals surface area contributed by atoms with Crippen molar-refractivity contribution >= 4 is 0 Å². The summed E-state index contributed by atoms with van der Waals surface area (Å²) in [5.74, 6) is 2.03. The van der Waals surface area contributed by atoms with E-state index in [0.29, 0.717) is 5.92 Å². The Kier molecular flexibility index (Phi) is 4.21. The minimum absolute atomic E-state index is 0.704. The molecule has 0 aromatic carbocycles. The fourth-order valence-corrected chi connectivity index (χ4v) is 2.87. The van der Waals surface area contributed by atoms with Gasteiger partial charge in [0.25, 0.3) is 0 Å². The van der Waals surface area contributed by atoms with Crippen molar-refractivity contribution in [2.75, 3.05) is 13.6 Å². The Morgan fingerprint density at radius 1 is 1.29 bits per heavy atom. The molecule has 0 unspecified atom stereocenters. The van der Waals surface area contributed by atoms with Gasteiger partial charge in [-0.1, -0.05) is 19.3 Å². The molecule has 1 fully saturated rings. The zero-order valence-corrected chi connectivity index (χ0v) is 11.4. The zero-order chi connectivity index (χ0) is 12.3. The van der Waals surface area contributed by atoms with E-state index in [9.17, 15) is 0 Å². The minimum Gasteiger partial charge on any atom is -0.335 e. The van der Waals surface area contributed by atoms with Gasteiger partial charge in [-0.05, 0) is 26.8 Å². The van der Waals surface area contributed by atoms with Crippen LogP contribution in [0.3, 0.4) is 0 Å². The molecule has 0 amide bonds. The molecule has 0 radical (unpaired) electrons. The zero-order valence-electron chi connectivity index (χ0n) is 11.4. The highest BCUT2D eigenvalue weighted by atomic mass is 15.1. The molecule has 3 nitrogen and oxygen atoms in total. The van der Waals surface area contributed by atoms with E-state index in [2.05, 4.69) is 23.9 Å². The maximum absolute atomic E-state index is 4.89. The lowest BCUT2D eigenvalue weighted by atomic mass is 9.89. The minimum atomic E-state index is 0.704. The molecule has 1 heterocycles. The van der Waals surface area contributed by atoms with Crippen LogP contribution in [0.4, 0.5) is 0 Å². The summed E-state index contributed by atoms with van der Waals surface area (Å²) in [6, 6.07) is 0. The van der Waals surface area contributed by atoms with E-state index in [1.165, 1.54) is 49.3 Å². The summed E-state index contributed by atoms with van der Waals surface area (Å²) >= 11 is 0. The molecule has 1 saturated carbocycles. The molecule has 0 atom stereocenters. The van der Waals surface area contributed by atoms with Crippen molar-refractivity contribution in [3.63, 3.8) is 0 Å². The molecule has 17 heavy (non-hydrogen) atoms. The molecule has 1 aliphatic rings. The molecule has 1 aliphatic carbocycles. The molecular formula is C14H25N3. The number of nitrogens with one attached hydrogen (secondary N) is 1. The van der Waals surface area contributed by atoms with Crippen LogP contribution in [-0.2, 0) is 13.5 Å². The number of nitrogens with zero attached hydrogens (tertiary/aromatic N) is 2. The third-order valence-corrected chi connectivity index (χ3v) is 4.10. The highest BCUT2D eigenvalue weighted by Gasteiger charge is 2.21. The Morgan fingerprint density at radius 2 is 2.00 bits per heavy atom. The fourth-order valence-electron chi connectivity index (χ4n) is 2.87. The van der Waals surface area contributed by atoms with E-state index in [4.69, 9.17) is 4.98 Å². The predicted molar refractivity (Wildman–Crippen MR) is 71.4 cm³/mol. The van der Waals surface area contributed by atoms with Crippen LogP contribution in [0.2, 0.25) is 0 Å². The normalized spacial score (nSPS) is 17.6. The number of aromatic nitrogens is 2. The van der Waals surface area contributed by atoms with Gasteiger partial charge in [-0.15, -0.1) is 0 Å². The van der Waals surface area contributed by atoms with Crippen LogP contribution in [0, 0.1) is 6.92 Å². The Balaban J connectivity index is 2.16.